The van der Waals surface area contributed by atoms with Crippen LogP contribution >= 0.6 is 11.8 Å². The lowest BCUT2D eigenvalue weighted by molar-refractivity contribution is 0.229. The number of nitrogens with one attached hydrogen (secondary N) is 2. The van der Waals surface area contributed by atoms with Crippen LogP contribution in [0.2, 0.25) is 0 Å². The average molecular weight is 556 g/mol. The molecule has 2 aromatic rings. The van der Waals surface area contributed by atoms with Crippen LogP contribution in [0.1, 0.15) is 94.5 Å². The lowest BCUT2D eigenvalue weighted by Gasteiger charge is -2.33. The second-order valence-electron chi connectivity index (χ2n) is 11.0. The highest BCUT2D eigenvalue weighted by Crippen LogP contribution is 2.47. The zero-order valence-corrected chi connectivity index (χ0v) is 24.7. The Morgan fingerprint density at radius 3 is 2.53 bits per heavy atom. The summed E-state index contributed by atoms with van der Waals surface area (Å²) in [6.45, 7) is 7.76. The van der Waals surface area contributed by atoms with Gasteiger partial charge < -0.3 is 19.5 Å². The lowest BCUT2D eigenvalue weighted by atomic mass is 9.81. The van der Waals surface area contributed by atoms with E-state index in [0.717, 1.165) is 105 Å². The number of piperidine rings is 1. The number of aryl methyl sites for hydroxylation is 1. The van der Waals surface area contributed by atoms with Crippen molar-refractivity contribution in [1.82, 2.24) is 9.88 Å². The van der Waals surface area contributed by atoms with Gasteiger partial charge in [0.05, 0.1) is 11.4 Å². The maximum Gasteiger partial charge on any atom is 0.0754 e. The Morgan fingerprint density at radius 2 is 1.82 bits per heavy atom. The Balaban J connectivity index is 1.65. The third-order valence-corrected chi connectivity index (χ3v) is 9.89. The molecule has 1 aromatic heterocycles. The minimum atomic E-state index is -2.41. The molecule has 1 aliphatic heterocycles. The monoisotopic (exact) mass is 555 g/mol. The maximum atomic E-state index is 12.2. The number of rotatable bonds is 9. The standard InChI is InChI=1S/C30H44N4O2S2/c1-3-34-18-16-22(17-19-34)31-27-15-14-23(37-4-2)20-25(27)28-24-12-8-9-13-26(24)32-29(30(28)33-38(35)36)21-10-6-5-7-11-21/h14-15,20-22,31,33H,3-13,16-19H2,1-2H3,(H,35,36)/p-1. The van der Waals surface area contributed by atoms with Crippen molar-refractivity contribution in [1.29, 1.82) is 0 Å². The van der Waals surface area contributed by atoms with E-state index >= 15 is 0 Å². The molecule has 0 amide bonds. The van der Waals surface area contributed by atoms with Gasteiger partial charge in [-0.3, -0.25) is 9.19 Å². The van der Waals surface area contributed by atoms with Crippen molar-refractivity contribution in [2.45, 2.75) is 101 Å². The lowest BCUT2D eigenvalue weighted by Crippen LogP contribution is -2.38. The molecule has 0 spiro atoms. The van der Waals surface area contributed by atoms with Crippen LogP contribution in [0.3, 0.4) is 0 Å². The number of likely N-dealkylation sites (tertiary alicyclic amines) is 1. The normalized spacial score (nSPS) is 20.2. The predicted molar refractivity (Wildman–Crippen MR) is 160 cm³/mol. The molecule has 38 heavy (non-hydrogen) atoms. The fourth-order valence-electron chi connectivity index (χ4n) is 6.64. The molecule has 1 saturated carbocycles. The first-order valence-electron chi connectivity index (χ1n) is 14.7. The van der Waals surface area contributed by atoms with Crippen LogP contribution < -0.4 is 10.0 Å². The van der Waals surface area contributed by atoms with Gasteiger partial charge in [-0.05, 0) is 87.4 Å². The first kappa shape index (κ1) is 27.9. The van der Waals surface area contributed by atoms with Gasteiger partial charge in [0.1, 0.15) is 0 Å². The molecule has 1 aromatic carbocycles. The Bertz CT molecular complexity index is 1130. The molecule has 208 valence electrons. The molecule has 8 heteroatoms. The summed E-state index contributed by atoms with van der Waals surface area (Å²) in [5.74, 6) is 1.31. The number of nitrogens with zero attached hydrogens (tertiary/aromatic N) is 2. The molecule has 0 radical (unpaired) electrons. The minimum Gasteiger partial charge on any atom is -0.755 e. The first-order chi connectivity index (χ1) is 18.6. The fraction of sp³-hybridized carbons (Fsp3) is 0.633. The summed E-state index contributed by atoms with van der Waals surface area (Å²) in [4.78, 5) is 8.97. The summed E-state index contributed by atoms with van der Waals surface area (Å²) in [5.41, 5.74) is 7.46. The highest BCUT2D eigenvalue weighted by atomic mass is 32.2. The summed E-state index contributed by atoms with van der Waals surface area (Å²) in [6.07, 6.45) is 12.2. The summed E-state index contributed by atoms with van der Waals surface area (Å²) in [7, 11) is 0. The third-order valence-electron chi connectivity index (χ3n) is 8.65. The molecular weight excluding hydrogens is 512 g/mol. The van der Waals surface area contributed by atoms with Crippen LogP contribution in [-0.4, -0.2) is 50.1 Å². The molecule has 1 atom stereocenters. The predicted octanol–water partition coefficient (Wildman–Crippen LogP) is 6.89. The topological polar surface area (TPSA) is 80.3 Å². The van der Waals surface area contributed by atoms with Gasteiger partial charge in [-0.15, -0.1) is 11.8 Å². The summed E-state index contributed by atoms with van der Waals surface area (Å²) >= 11 is -0.575. The van der Waals surface area contributed by atoms with Crippen LogP contribution in [0.15, 0.2) is 23.1 Å². The van der Waals surface area contributed by atoms with Gasteiger partial charge in [-0.1, -0.05) is 33.1 Å². The number of benzene rings is 1. The maximum absolute atomic E-state index is 12.2. The smallest absolute Gasteiger partial charge is 0.0754 e. The van der Waals surface area contributed by atoms with E-state index in [9.17, 15) is 8.76 Å². The van der Waals surface area contributed by atoms with E-state index in [-0.39, 0.29) is 0 Å². The number of hydrogen-bond acceptors (Lipinski definition) is 6. The number of anilines is 2. The molecule has 1 saturated heterocycles. The van der Waals surface area contributed by atoms with Gasteiger partial charge in [-0.25, -0.2) is 0 Å². The second kappa shape index (κ2) is 13.2. The molecule has 2 heterocycles. The fourth-order valence-corrected chi connectivity index (χ4v) is 7.72. The summed E-state index contributed by atoms with van der Waals surface area (Å²) in [5, 5.41) is 3.91. The minimum absolute atomic E-state index is 0.309. The number of fused-ring (bicyclic) bond motifs is 1. The van der Waals surface area contributed by atoms with Gasteiger partial charge in [0, 0.05) is 63.7 Å². The van der Waals surface area contributed by atoms with Crippen molar-refractivity contribution in [3.05, 3.63) is 35.2 Å². The van der Waals surface area contributed by atoms with E-state index in [0.29, 0.717) is 12.0 Å². The number of aromatic nitrogens is 1. The van der Waals surface area contributed by atoms with Crippen molar-refractivity contribution in [3.8, 4) is 11.1 Å². The highest BCUT2D eigenvalue weighted by molar-refractivity contribution is 7.99. The van der Waals surface area contributed by atoms with Crippen LogP contribution in [0.25, 0.3) is 11.1 Å². The van der Waals surface area contributed by atoms with Crippen molar-refractivity contribution in [2.75, 3.05) is 35.4 Å². The van der Waals surface area contributed by atoms with Gasteiger partial charge >= 0.3 is 0 Å². The number of pyridine rings is 1. The Kier molecular flexibility index (Phi) is 9.68. The molecule has 5 rings (SSSR count). The van der Waals surface area contributed by atoms with Crippen molar-refractivity contribution < 1.29 is 8.76 Å². The Labute approximate surface area is 235 Å². The molecule has 0 bridgehead atoms. The average Bonchev–Trinajstić information content (AvgIpc) is 2.94. The summed E-state index contributed by atoms with van der Waals surface area (Å²) < 4.78 is 27.3. The van der Waals surface area contributed by atoms with Crippen LogP contribution in [0, 0.1) is 0 Å². The van der Waals surface area contributed by atoms with Crippen molar-refractivity contribution >= 4 is 34.4 Å². The van der Waals surface area contributed by atoms with Crippen molar-refractivity contribution in [3.63, 3.8) is 0 Å². The molecule has 6 nitrogen and oxygen atoms in total. The van der Waals surface area contributed by atoms with Gasteiger partial charge in [-0.2, -0.15) is 0 Å². The molecule has 3 aliphatic rings. The van der Waals surface area contributed by atoms with Gasteiger partial charge in [0.25, 0.3) is 0 Å². The third kappa shape index (κ3) is 6.40. The van der Waals surface area contributed by atoms with Gasteiger partial charge in [0.2, 0.25) is 0 Å². The SMILES string of the molecule is CCSc1ccc(NC2CCN(CC)CC2)c(-c2c3c(nc(C4CCCCC4)c2NS(=O)[O-])CCCC3)c1. The van der Waals surface area contributed by atoms with Gasteiger partial charge in [0.15, 0.2) is 0 Å². The highest BCUT2D eigenvalue weighted by Gasteiger charge is 2.29. The zero-order valence-electron chi connectivity index (χ0n) is 23.0. The van der Waals surface area contributed by atoms with E-state index in [1.807, 2.05) is 11.8 Å². The van der Waals surface area contributed by atoms with Crippen LogP contribution in [0.4, 0.5) is 11.4 Å². The molecular formula is C30H43N4O2S2-. The number of thioether (sulfide) groups is 1. The van der Waals surface area contributed by atoms with E-state index in [4.69, 9.17) is 4.98 Å². The van der Waals surface area contributed by atoms with Crippen molar-refractivity contribution in [2.24, 2.45) is 0 Å². The molecule has 2 N–H and O–H groups in total. The largest absolute Gasteiger partial charge is 0.755 e. The van der Waals surface area contributed by atoms with E-state index in [1.54, 1.807) is 0 Å². The van der Waals surface area contributed by atoms with E-state index in [2.05, 4.69) is 47.0 Å². The zero-order chi connectivity index (χ0) is 26.5. The van der Waals surface area contributed by atoms with Crippen LogP contribution in [-0.2, 0) is 24.1 Å². The molecule has 1 unspecified atom stereocenters. The van der Waals surface area contributed by atoms with E-state index in [1.165, 1.54) is 35.4 Å². The van der Waals surface area contributed by atoms with E-state index < -0.39 is 11.3 Å². The molecule has 2 aliphatic carbocycles. The second-order valence-corrected chi connectivity index (χ2v) is 13.1. The van der Waals surface area contributed by atoms with Crippen LogP contribution in [0.5, 0.6) is 0 Å². The summed E-state index contributed by atoms with van der Waals surface area (Å²) in [6, 6.07) is 7.16. The quantitative estimate of drug-likeness (QED) is 0.259. The first-order valence-corrected chi connectivity index (χ1v) is 16.8. The number of hydrogen-bond donors (Lipinski definition) is 2. The Morgan fingerprint density at radius 1 is 1.05 bits per heavy atom. The Hall–Kier alpha value is -1.61. The molecule has 2 fully saturated rings.